The van der Waals surface area contributed by atoms with Crippen LogP contribution in [0.5, 0.6) is 5.75 Å². The summed E-state index contributed by atoms with van der Waals surface area (Å²) in [6.07, 6.45) is 0. The number of methoxy groups -OCH3 is 2. The lowest BCUT2D eigenvalue weighted by molar-refractivity contribution is 0.162. The molecule has 106 valence electrons. The molecule has 1 rings (SSSR count). The Morgan fingerprint density at radius 3 is 2.68 bits per heavy atom. The maximum atomic E-state index is 12.0. The molecule has 0 saturated carbocycles. The van der Waals surface area contributed by atoms with Crippen molar-refractivity contribution in [3.8, 4) is 5.75 Å². The molecule has 1 aromatic carbocycles. The zero-order valence-electron chi connectivity index (χ0n) is 12.0. The highest BCUT2D eigenvalue weighted by Crippen LogP contribution is 2.18. The number of carbonyl (C=O) groups excluding carboxylic acids is 1. The summed E-state index contributed by atoms with van der Waals surface area (Å²) in [5, 5.41) is 2.86. The molecule has 1 aromatic rings. The topological polar surface area (TPSA) is 50.8 Å². The highest BCUT2D eigenvalue weighted by molar-refractivity contribution is 5.74. The molecule has 0 saturated heterocycles. The van der Waals surface area contributed by atoms with E-state index in [0.717, 1.165) is 11.3 Å². The maximum Gasteiger partial charge on any atom is 0.317 e. The molecule has 0 fully saturated rings. The number of nitrogens with zero attached hydrogens (tertiary/aromatic N) is 1. The summed E-state index contributed by atoms with van der Waals surface area (Å²) < 4.78 is 10.3. The first-order valence-corrected chi connectivity index (χ1v) is 6.21. The number of hydrogen-bond acceptors (Lipinski definition) is 3. The summed E-state index contributed by atoms with van der Waals surface area (Å²) in [7, 11) is 4.99. The minimum atomic E-state index is -0.129. The molecule has 5 nitrogen and oxygen atoms in total. The second-order valence-corrected chi connectivity index (χ2v) is 4.47. The molecular weight excluding hydrogens is 244 g/mol. The molecular formula is C14H22N2O3. The van der Waals surface area contributed by atoms with Gasteiger partial charge in [0.15, 0.2) is 0 Å². The Balaban J connectivity index is 2.58. The molecule has 1 atom stereocenters. The largest absolute Gasteiger partial charge is 0.496 e. The van der Waals surface area contributed by atoms with Crippen LogP contribution in [0.1, 0.15) is 12.5 Å². The Labute approximate surface area is 114 Å². The van der Waals surface area contributed by atoms with Crippen LogP contribution in [0.4, 0.5) is 4.79 Å². The van der Waals surface area contributed by atoms with Gasteiger partial charge < -0.3 is 19.7 Å². The van der Waals surface area contributed by atoms with Crippen LogP contribution in [-0.4, -0.2) is 44.8 Å². The first kappa shape index (κ1) is 15.3. The summed E-state index contributed by atoms with van der Waals surface area (Å²) in [4.78, 5) is 13.6. The molecule has 0 aliphatic rings. The first-order chi connectivity index (χ1) is 9.08. The predicted octanol–water partition coefficient (Wildman–Crippen LogP) is 1.87. The summed E-state index contributed by atoms with van der Waals surface area (Å²) in [5.41, 5.74) is 0.974. The fourth-order valence-electron chi connectivity index (χ4n) is 1.77. The van der Waals surface area contributed by atoms with Crippen molar-refractivity contribution in [1.29, 1.82) is 0 Å². The molecule has 0 aliphatic carbocycles. The van der Waals surface area contributed by atoms with Crippen LogP contribution in [0.25, 0.3) is 0 Å². The Morgan fingerprint density at radius 2 is 2.05 bits per heavy atom. The highest BCUT2D eigenvalue weighted by atomic mass is 16.5. The minimum absolute atomic E-state index is 0.0161. The Hall–Kier alpha value is -1.75. The number of hydrogen-bond donors (Lipinski definition) is 1. The number of nitrogens with one attached hydrogen (secondary N) is 1. The molecule has 0 aliphatic heterocycles. The number of carbonyl (C=O) groups is 1. The highest BCUT2D eigenvalue weighted by Gasteiger charge is 2.13. The van der Waals surface area contributed by atoms with Crippen molar-refractivity contribution in [1.82, 2.24) is 10.2 Å². The van der Waals surface area contributed by atoms with E-state index in [1.54, 1.807) is 26.2 Å². The van der Waals surface area contributed by atoms with Crippen molar-refractivity contribution in [2.24, 2.45) is 0 Å². The van der Waals surface area contributed by atoms with E-state index in [9.17, 15) is 4.79 Å². The summed E-state index contributed by atoms with van der Waals surface area (Å²) in [6.45, 7) is 2.89. The standard InChI is InChI=1S/C14H22N2O3/c1-11(10-18-3)15-14(17)16(2)9-12-7-5-6-8-13(12)19-4/h5-8,11H,9-10H2,1-4H3,(H,15,17)/t11-/m0/s1. The zero-order valence-corrected chi connectivity index (χ0v) is 12.0. The van der Waals surface area contributed by atoms with E-state index in [0.29, 0.717) is 13.2 Å². The molecule has 0 heterocycles. The third-order valence-corrected chi connectivity index (χ3v) is 2.73. The second kappa shape index (κ2) is 7.63. The Kier molecular flexibility index (Phi) is 6.15. The van der Waals surface area contributed by atoms with E-state index in [-0.39, 0.29) is 12.1 Å². The summed E-state index contributed by atoms with van der Waals surface area (Å²) in [5.74, 6) is 0.784. The van der Waals surface area contributed by atoms with E-state index in [2.05, 4.69) is 5.32 Å². The lowest BCUT2D eigenvalue weighted by Crippen LogP contribution is -2.43. The third-order valence-electron chi connectivity index (χ3n) is 2.73. The van der Waals surface area contributed by atoms with Crippen LogP contribution in [-0.2, 0) is 11.3 Å². The van der Waals surface area contributed by atoms with E-state index >= 15 is 0 Å². The van der Waals surface area contributed by atoms with Gasteiger partial charge in [0.05, 0.1) is 26.3 Å². The smallest absolute Gasteiger partial charge is 0.317 e. The van der Waals surface area contributed by atoms with E-state index < -0.39 is 0 Å². The molecule has 0 bridgehead atoms. The SMILES string of the molecule is COC[C@H](C)NC(=O)N(C)Cc1ccccc1OC. The lowest BCUT2D eigenvalue weighted by Gasteiger charge is -2.22. The van der Waals surface area contributed by atoms with Gasteiger partial charge in [-0.3, -0.25) is 0 Å². The third kappa shape index (κ3) is 4.79. The number of rotatable bonds is 6. The maximum absolute atomic E-state index is 12.0. The van der Waals surface area contributed by atoms with Gasteiger partial charge in [0.2, 0.25) is 0 Å². The minimum Gasteiger partial charge on any atom is -0.496 e. The average molecular weight is 266 g/mol. The van der Waals surface area contributed by atoms with Crippen LogP contribution in [0.3, 0.4) is 0 Å². The van der Waals surface area contributed by atoms with Crippen molar-refractivity contribution in [3.05, 3.63) is 29.8 Å². The normalized spacial score (nSPS) is 11.8. The lowest BCUT2D eigenvalue weighted by atomic mass is 10.2. The quantitative estimate of drug-likeness (QED) is 0.855. The van der Waals surface area contributed by atoms with Gasteiger partial charge in [0.1, 0.15) is 5.75 Å². The van der Waals surface area contributed by atoms with E-state index in [4.69, 9.17) is 9.47 Å². The van der Waals surface area contributed by atoms with Gasteiger partial charge in [0.25, 0.3) is 0 Å². The number of urea groups is 1. The molecule has 0 aromatic heterocycles. The fraction of sp³-hybridized carbons (Fsp3) is 0.500. The van der Waals surface area contributed by atoms with Crippen LogP contribution < -0.4 is 10.1 Å². The molecule has 2 amide bonds. The van der Waals surface area contributed by atoms with Gasteiger partial charge in [-0.25, -0.2) is 4.79 Å². The van der Waals surface area contributed by atoms with E-state index in [1.807, 2.05) is 31.2 Å². The van der Waals surface area contributed by atoms with Crippen molar-refractivity contribution in [2.75, 3.05) is 27.9 Å². The van der Waals surface area contributed by atoms with Crippen LogP contribution >= 0.6 is 0 Å². The summed E-state index contributed by atoms with van der Waals surface area (Å²) in [6, 6.07) is 7.52. The van der Waals surface area contributed by atoms with Gasteiger partial charge in [-0.15, -0.1) is 0 Å². The van der Waals surface area contributed by atoms with Gasteiger partial charge in [0, 0.05) is 19.7 Å². The van der Waals surface area contributed by atoms with Gasteiger partial charge in [-0.2, -0.15) is 0 Å². The number of benzene rings is 1. The van der Waals surface area contributed by atoms with Crippen molar-refractivity contribution < 1.29 is 14.3 Å². The van der Waals surface area contributed by atoms with Crippen LogP contribution in [0.15, 0.2) is 24.3 Å². The zero-order chi connectivity index (χ0) is 14.3. The molecule has 1 N–H and O–H groups in total. The fourth-order valence-corrected chi connectivity index (χ4v) is 1.77. The number of para-hydroxylation sites is 1. The Morgan fingerprint density at radius 1 is 1.37 bits per heavy atom. The van der Waals surface area contributed by atoms with Crippen molar-refractivity contribution >= 4 is 6.03 Å². The summed E-state index contributed by atoms with van der Waals surface area (Å²) >= 11 is 0. The molecule has 19 heavy (non-hydrogen) atoms. The molecule has 0 spiro atoms. The molecule has 0 radical (unpaired) electrons. The molecule has 0 unspecified atom stereocenters. The first-order valence-electron chi connectivity index (χ1n) is 6.21. The number of amides is 2. The predicted molar refractivity (Wildman–Crippen MR) is 74.3 cm³/mol. The average Bonchev–Trinajstić information content (AvgIpc) is 2.39. The van der Waals surface area contributed by atoms with Gasteiger partial charge in [-0.05, 0) is 13.0 Å². The molecule has 5 heteroatoms. The number of ether oxygens (including phenoxy) is 2. The van der Waals surface area contributed by atoms with Crippen LogP contribution in [0, 0.1) is 0 Å². The Bertz CT molecular complexity index is 409. The van der Waals surface area contributed by atoms with Crippen molar-refractivity contribution in [2.45, 2.75) is 19.5 Å². The van der Waals surface area contributed by atoms with Gasteiger partial charge in [-0.1, -0.05) is 18.2 Å². The van der Waals surface area contributed by atoms with Crippen LogP contribution in [0.2, 0.25) is 0 Å². The van der Waals surface area contributed by atoms with Gasteiger partial charge >= 0.3 is 6.03 Å². The van der Waals surface area contributed by atoms with E-state index in [1.165, 1.54) is 0 Å². The van der Waals surface area contributed by atoms with Crippen molar-refractivity contribution in [3.63, 3.8) is 0 Å². The second-order valence-electron chi connectivity index (χ2n) is 4.47. The monoisotopic (exact) mass is 266 g/mol.